The van der Waals surface area contributed by atoms with Crippen LogP contribution in [0.3, 0.4) is 0 Å². The lowest BCUT2D eigenvalue weighted by Crippen LogP contribution is -2.07. The zero-order chi connectivity index (χ0) is 21.3. The fraction of sp³-hybridized carbons (Fsp3) is 0.158. The summed E-state index contributed by atoms with van der Waals surface area (Å²) in [6.07, 6.45) is -4.79. The van der Waals surface area contributed by atoms with Crippen LogP contribution in [0.1, 0.15) is 23.0 Å². The predicted molar refractivity (Wildman–Crippen MR) is 94.9 cm³/mol. The number of benzene rings is 2. The molecular weight excluding hydrogens is 419 g/mol. The number of carbonyl (C=O) groups is 1. The van der Waals surface area contributed by atoms with Gasteiger partial charge in [-0.15, -0.1) is 0 Å². The largest absolute Gasteiger partial charge is 0.461 e. The summed E-state index contributed by atoms with van der Waals surface area (Å²) in [7, 11) is 0. The second-order valence-corrected chi connectivity index (χ2v) is 6.28. The Morgan fingerprint density at radius 2 is 1.86 bits per heavy atom. The van der Waals surface area contributed by atoms with E-state index in [1.807, 2.05) is 0 Å². The Labute approximate surface area is 166 Å². The van der Waals surface area contributed by atoms with Gasteiger partial charge in [-0.25, -0.2) is 18.3 Å². The van der Waals surface area contributed by atoms with Gasteiger partial charge in [0.25, 0.3) is 0 Å². The number of ether oxygens (including phenoxy) is 1. The highest BCUT2D eigenvalue weighted by Gasteiger charge is 2.32. The fourth-order valence-electron chi connectivity index (χ4n) is 2.61. The lowest BCUT2D eigenvalue weighted by atomic mass is 10.1. The van der Waals surface area contributed by atoms with Gasteiger partial charge in [-0.2, -0.15) is 18.3 Å². The third-order valence-electron chi connectivity index (χ3n) is 3.86. The molecule has 1 aromatic heterocycles. The molecule has 0 aliphatic heterocycles. The Kier molecular flexibility index (Phi) is 5.61. The SMILES string of the molecule is CCOC(=O)c1cc(-c2cc(F)cc(C(F)(F)F)c2)n(-c2ccc(F)c(Cl)c2)n1. The molecule has 0 spiro atoms. The smallest absolute Gasteiger partial charge is 0.416 e. The van der Waals surface area contributed by atoms with Crippen LogP contribution in [0.2, 0.25) is 5.02 Å². The van der Waals surface area contributed by atoms with Gasteiger partial charge in [-0.05, 0) is 49.4 Å². The molecule has 152 valence electrons. The summed E-state index contributed by atoms with van der Waals surface area (Å²) in [5.74, 6) is -2.68. The predicted octanol–water partition coefficient (Wildman–Crippen LogP) is 5.67. The summed E-state index contributed by atoms with van der Waals surface area (Å²) in [6, 6.07) is 6.55. The zero-order valence-corrected chi connectivity index (χ0v) is 15.5. The van der Waals surface area contributed by atoms with Crippen LogP contribution in [0.25, 0.3) is 16.9 Å². The van der Waals surface area contributed by atoms with E-state index in [2.05, 4.69) is 5.10 Å². The maximum absolute atomic E-state index is 13.9. The molecule has 0 saturated carbocycles. The van der Waals surface area contributed by atoms with E-state index in [1.54, 1.807) is 6.92 Å². The summed E-state index contributed by atoms with van der Waals surface area (Å²) in [4.78, 5) is 12.0. The number of nitrogens with zero attached hydrogens (tertiary/aromatic N) is 2. The molecule has 0 radical (unpaired) electrons. The van der Waals surface area contributed by atoms with Crippen molar-refractivity contribution in [1.82, 2.24) is 9.78 Å². The first-order chi connectivity index (χ1) is 13.6. The van der Waals surface area contributed by atoms with E-state index in [4.69, 9.17) is 16.3 Å². The molecule has 0 bridgehead atoms. The molecule has 2 aromatic carbocycles. The molecule has 3 aromatic rings. The van der Waals surface area contributed by atoms with Crippen molar-refractivity contribution in [2.45, 2.75) is 13.1 Å². The van der Waals surface area contributed by atoms with E-state index in [0.29, 0.717) is 6.07 Å². The molecule has 0 aliphatic rings. The average molecular weight is 431 g/mol. The molecule has 0 N–H and O–H groups in total. The van der Waals surface area contributed by atoms with E-state index in [1.165, 1.54) is 12.1 Å². The molecule has 0 amide bonds. The highest BCUT2D eigenvalue weighted by Crippen LogP contribution is 2.34. The van der Waals surface area contributed by atoms with Crippen molar-refractivity contribution in [2.75, 3.05) is 6.61 Å². The van der Waals surface area contributed by atoms with E-state index < -0.39 is 29.3 Å². The van der Waals surface area contributed by atoms with Gasteiger partial charge in [0.05, 0.1) is 28.6 Å². The third-order valence-corrected chi connectivity index (χ3v) is 4.15. The Hall–Kier alpha value is -2.94. The van der Waals surface area contributed by atoms with Crippen molar-refractivity contribution in [3.63, 3.8) is 0 Å². The second-order valence-electron chi connectivity index (χ2n) is 5.87. The van der Waals surface area contributed by atoms with Crippen molar-refractivity contribution < 1.29 is 31.5 Å². The Balaban J connectivity index is 2.23. The third kappa shape index (κ3) is 4.40. The highest BCUT2D eigenvalue weighted by molar-refractivity contribution is 6.30. The van der Waals surface area contributed by atoms with Gasteiger partial charge in [-0.3, -0.25) is 0 Å². The van der Waals surface area contributed by atoms with Gasteiger partial charge in [0.2, 0.25) is 0 Å². The standard InChI is InChI=1S/C19H12ClF5N2O2/c1-2-29-18(28)16-9-17(10-5-11(19(23,24)25)7-12(21)6-10)27(26-16)13-3-4-15(22)14(20)8-13/h3-9H,2H2,1H3. The number of halogens is 6. The monoisotopic (exact) mass is 430 g/mol. The molecule has 1 heterocycles. The molecule has 0 fully saturated rings. The molecule has 0 atom stereocenters. The van der Waals surface area contributed by atoms with Crippen LogP contribution in [-0.2, 0) is 10.9 Å². The minimum absolute atomic E-state index is 0.0410. The van der Waals surface area contributed by atoms with Crippen molar-refractivity contribution >= 4 is 17.6 Å². The normalized spacial score (nSPS) is 11.6. The molecule has 0 unspecified atom stereocenters. The van der Waals surface area contributed by atoms with Crippen molar-refractivity contribution in [2.24, 2.45) is 0 Å². The molecular formula is C19H12ClF5N2O2. The number of alkyl halides is 3. The van der Waals surface area contributed by atoms with Gasteiger partial charge in [-0.1, -0.05) is 11.6 Å². The summed E-state index contributed by atoms with van der Waals surface area (Å²) < 4.78 is 72.6. The summed E-state index contributed by atoms with van der Waals surface area (Å²) >= 11 is 5.77. The number of aromatic nitrogens is 2. The van der Waals surface area contributed by atoms with Crippen LogP contribution in [0.4, 0.5) is 22.0 Å². The summed E-state index contributed by atoms with van der Waals surface area (Å²) in [5.41, 5.74) is -1.52. The fourth-order valence-corrected chi connectivity index (χ4v) is 2.78. The lowest BCUT2D eigenvalue weighted by Gasteiger charge is -2.11. The van der Waals surface area contributed by atoms with Crippen LogP contribution in [0.5, 0.6) is 0 Å². The van der Waals surface area contributed by atoms with Crippen LogP contribution >= 0.6 is 11.6 Å². The van der Waals surface area contributed by atoms with Gasteiger partial charge in [0, 0.05) is 5.56 Å². The highest BCUT2D eigenvalue weighted by atomic mass is 35.5. The van der Waals surface area contributed by atoms with E-state index >= 15 is 0 Å². The maximum atomic E-state index is 13.9. The summed E-state index contributed by atoms with van der Waals surface area (Å²) in [6.45, 7) is 1.61. The quantitative estimate of drug-likeness (QED) is 0.396. The Morgan fingerprint density at radius 3 is 2.48 bits per heavy atom. The molecule has 0 aliphatic carbocycles. The van der Waals surface area contributed by atoms with Crippen LogP contribution in [0.15, 0.2) is 42.5 Å². The molecule has 4 nitrogen and oxygen atoms in total. The molecule has 10 heteroatoms. The summed E-state index contributed by atoms with van der Waals surface area (Å²) in [5, 5.41) is 3.76. The first-order valence-electron chi connectivity index (χ1n) is 8.21. The molecule has 29 heavy (non-hydrogen) atoms. The maximum Gasteiger partial charge on any atom is 0.416 e. The van der Waals surface area contributed by atoms with Crippen molar-refractivity contribution in [3.8, 4) is 16.9 Å². The molecule has 3 rings (SSSR count). The first-order valence-corrected chi connectivity index (χ1v) is 8.58. The number of rotatable bonds is 4. The van der Waals surface area contributed by atoms with Crippen LogP contribution in [0, 0.1) is 11.6 Å². The topological polar surface area (TPSA) is 44.1 Å². The Bertz CT molecular complexity index is 1080. The zero-order valence-electron chi connectivity index (χ0n) is 14.7. The van der Waals surface area contributed by atoms with Crippen molar-refractivity contribution in [3.05, 3.63) is 70.4 Å². The van der Waals surface area contributed by atoms with E-state index in [0.717, 1.165) is 28.9 Å². The van der Waals surface area contributed by atoms with Gasteiger partial charge >= 0.3 is 12.1 Å². The van der Waals surface area contributed by atoms with Gasteiger partial charge in [0.15, 0.2) is 5.69 Å². The first kappa shape index (κ1) is 20.8. The van der Waals surface area contributed by atoms with E-state index in [-0.39, 0.29) is 34.3 Å². The second kappa shape index (κ2) is 7.82. The molecule has 0 saturated heterocycles. The Morgan fingerprint density at radius 1 is 1.14 bits per heavy atom. The number of hydrogen-bond donors (Lipinski definition) is 0. The van der Waals surface area contributed by atoms with Crippen LogP contribution < -0.4 is 0 Å². The van der Waals surface area contributed by atoms with Crippen LogP contribution in [-0.4, -0.2) is 22.4 Å². The van der Waals surface area contributed by atoms with Gasteiger partial charge in [0.1, 0.15) is 11.6 Å². The number of esters is 1. The number of hydrogen-bond acceptors (Lipinski definition) is 3. The van der Waals surface area contributed by atoms with E-state index in [9.17, 15) is 26.7 Å². The minimum atomic E-state index is -4.79. The average Bonchev–Trinajstić information content (AvgIpc) is 3.08. The minimum Gasteiger partial charge on any atom is -0.461 e. The number of carbonyl (C=O) groups excluding carboxylic acids is 1. The lowest BCUT2D eigenvalue weighted by molar-refractivity contribution is -0.137. The van der Waals surface area contributed by atoms with Gasteiger partial charge < -0.3 is 4.74 Å². The van der Waals surface area contributed by atoms with Crippen molar-refractivity contribution in [1.29, 1.82) is 0 Å².